The number of ketones is 1. The van der Waals surface area contributed by atoms with E-state index in [0.29, 0.717) is 11.3 Å². The van der Waals surface area contributed by atoms with E-state index in [1.165, 1.54) is 61.9 Å². The van der Waals surface area contributed by atoms with Gasteiger partial charge in [-0.2, -0.15) is 30.3 Å². The molecule has 0 bridgehead atoms. The topological polar surface area (TPSA) is 59.0 Å². The average Bonchev–Trinajstić information content (AvgIpc) is 3.44. The third kappa shape index (κ3) is 10.1. The molecule has 0 aliphatic heterocycles. The second kappa shape index (κ2) is 16.3. The minimum Gasteiger partial charge on any atom is -0.512 e. The molecule has 2 aromatic heterocycles. The molecule has 0 amide bonds. The number of hydrogen-bond acceptors (Lipinski definition) is 3. The van der Waals surface area contributed by atoms with Gasteiger partial charge in [0, 0.05) is 24.7 Å². The number of carbonyl (C=O) groups is 1. The number of fused-ring (bicyclic) bond motifs is 1. The van der Waals surface area contributed by atoms with Gasteiger partial charge >= 0.3 is 20.1 Å². The summed E-state index contributed by atoms with van der Waals surface area (Å²) in [6.45, 7) is 7.65. The predicted octanol–water partition coefficient (Wildman–Crippen LogP) is 8.32. The third-order valence-corrected chi connectivity index (χ3v) is 7.63. The van der Waals surface area contributed by atoms with Crippen LogP contribution in [0, 0.1) is 23.9 Å². The maximum Gasteiger partial charge on any atom is 3.00 e. The first-order chi connectivity index (χ1) is 20.6. The maximum atomic E-state index is 10.0. The monoisotopic (exact) mass is 764 g/mol. The van der Waals surface area contributed by atoms with Crippen LogP contribution in [-0.4, -0.2) is 20.4 Å². The molecule has 0 atom stereocenters. The van der Waals surface area contributed by atoms with Crippen molar-refractivity contribution in [3.63, 3.8) is 0 Å². The normalized spacial score (nSPS) is 14.3. The Morgan fingerprint density at radius 2 is 1.73 bits per heavy atom. The quantitative estimate of drug-likeness (QED) is 0.0868. The number of allylic oxidation sites excluding steroid dienone is 2. The molecule has 5 nitrogen and oxygen atoms in total. The smallest absolute Gasteiger partial charge is 0.512 e. The van der Waals surface area contributed by atoms with Gasteiger partial charge in [0.25, 0.3) is 0 Å². The number of benzene rings is 3. The summed E-state index contributed by atoms with van der Waals surface area (Å²) in [7, 11) is 1.94. The van der Waals surface area contributed by atoms with Crippen LogP contribution in [0.2, 0.25) is 0 Å². The molecule has 6 heteroatoms. The Kier molecular flexibility index (Phi) is 12.8. The van der Waals surface area contributed by atoms with Crippen molar-refractivity contribution in [2.75, 3.05) is 0 Å². The number of aliphatic hydroxyl groups is 1. The molecule has 2 heterocycles. The molecule has 5 aromatic rings. The fourth-order valence-electron chi connectivity index (χ4n) is 5.30. The first kappa shape index (κ1) is 34.6. The van der Waals surface area contributed by atoms with E-state index in [4.69, 9.17) is 5.11 Å². The number of carbonyl (C=O) groups excluding carboxylic acids is 1. The van der Waals surface area contributed by atoms with Crippen LogP contribution >= 0.6 is 0 Å². The number of rotatable bonds is 4. The zero-order valence-corrected chi connectivity index (χ0v) is 28.6. The average molecular weight is 764 g/mol. The number of para-hydroxylation sites is 1. The molecule has 0 spiro atoms. The molecule has 44 heavy (non-hydrogen) atoms. The van der Waals surface area contributed by atoms with Gasteiger partial charge in [0.1, 0.15) is 0 Å². The summed E-state index contributed by atoms with van der Waals surface area (Å²) >= 11 is 0. The molecule has 0 radical (unpaired) electrons. The van der Waals surface area contributed by atoms with E-state index in [1.807, 2.05) is 77.2 Å². The summed E-state index contributed by atoms with van der Waals surface area (Å²) in [6.07, 6.45) is 15.4. The summed E-state index contributed by atoms with van der Waals surface area (Å²) in [6, 6.07) is 31.4. The van der Waals surface area contributed by atoms with E-state index in [9.17, 15) is 4.79 Å². The van der Waals surface area contributed by atoms with Crippen LogP contribution in [0.25, 0.3) is 27.7 Å². The molecule has 6 rings (SSSR count). The SMILES string of the molecule is CC(=O)/C=C(/C)O.CC1(C)CCC(c2ccc3c(-c4[c-]cccc4)nccc3c2)CC1.C[n+]1[c-]n(-c2[c-]cccc2)cc1.[Ir+3]. The number of pyridine rings is 1. The Hall–Kier alpha value is -3.86. The Bertz CT molecular complexity index is 1650. The Morgan fingerprint density at radius 1 is 1.02 bits per heavy atom. The van der Waals surface area contributed by atoms with Crippen molar-refractivity contribution in [1.29, 1.82) is 0 Å². The third-order valence-electron chi connectivity index (χ3n) is 7.63. The molecule has 3 aromatic carbocycles. The minimum atomic E-state index is -0.125. The van der Waals surface area contributed by atoms with Crippen molar-refractivity contribution in [1.82, 2.24) is 9.55 Å². The fourth-order valence-corrected chi connectivity index (χ4v) is 5.30. The number of aryl methyl sites for hydroxylation is 1. The van der Waals surface area contributed by atoms with Gasteiger partial charge < -0.3 is 19.2 Å². The molecule has 1 N–H and O–H groups in total. The van der Waals surface area contributed by atoms with Crippen LogP contribution in [0.3, 0.4) is 0 Å². The van der Waals surface area contributed by atoms with Crippen LogP contribution in [0.15, 0.2) is 103 Å². The van der Waals surface area contributed by atoms with E-state index in [2.05, 4.69) is 67.6 Å². The summed E-state index contributed by atoms with van der Waals surface area (Å²) in [4.78, 5) is 14.6. The number of aromatic nitrogens is 3. The molecular formula is C38H41IrN3O2+. The summed E-state index contributed by atoms with van der Waals surface area (Å²) < 4.78 is 3.78. The second-order valence-corrected chi connectivity index (χ2v) is 11.9. The molecule has 0 unspecified atom stereocenters. The Labute approximate surface area is 275 Å². The van der Waals surface area contributed by atoms with Crippen molar-refractivity contribution in [3.8, 4) is 16.9 Å². The van der Waals surface area contributed by atoms with Crippen LogP contribution in [-0.2, 0) is 31.9 Å². The van der Waals surface area contributed by atoms with Gasteiger partial charge in [0.05, 0.1) is 12.8 Å². The Morgan fingerprint density at radius 3 is 2.27 bits per heavy atom. The van der Waals surface area contributed by atoms with Gasteiger partial charge in [-0.15, -0.1) is 35.9 Å². The minimum absolute atomic E-state index is 0. The molecule has 0 saturated heterocycles. The van der Waals surface area contributed by atoms with E-state index >= 15 is 0 Å². The standard InChI is InChI=1S/C23H24N.C10H9N2.C5H8O2.Ir/c1-23(2)13-10-17(11-14-23)19-8-9-21-20(16-19)12-15-24-22(21)18-6-4-3-5-7-18;1-11-7-8-12(9-11)10-5-3-2-4-6-10;1-4(6)3-5(2)7;/h3-6,8-9,12,15-17H,10-11,13-14H2,1-2H3;2-5,7-8H,1H3;3,6H,1-2H3;/q2*-1;;+3/b;;4-3-;. The van der Waals surface area contributed by atoms with Crippen LogP contribution in [0.1, 0.15) is 64.9 Å². The van der Waals surface area contributed by atoms with E-state index < -0.39 is 0 Å². The number of imidazole rings is 1. The van der Waals surface area contributed by atoms with Crippen LogP contribution < -0.4 is 4.57 Å². The van der Waals surface area contributed by atoms with E-state index in [1.54, 1.807) is 0 Å². The largest absolute Gasteiger partial charge is 3.00 e. The van der Waals surface area contributed by atoms with Crippen LogP contribution in [0.4, 0.5) is 0 Å². The summed E-state index contributed by atoms with van der Waals surface area (Å²) in [5, 5.41) is 10.9. The van der Waals surface area contributed by atoms with Gasteiger partial charge in [-0.25, -0.2) is 0 Å². The zero-order chi connectivity index (χ0) is 30.8. The first-order valence-corrected chi connectivity index (χ1v) is 14.8. The van der Waals surface area contributed by atoms with Crippen molar-refractivity contribution in [3.05, 3.63) is 127 Å². The van der Waals surface area contributed by atoms with Crippen LogP contribution in [0.5, 0.6) is 0 Å². The predicted molar refractivity (Wildman–Crippen MR) is 173 cm³/mol. The second-order valence-electron chi connectivity index (χ2n) is 11.9. The Balaban J connectivity index is 0.000000221. The van der Waals surface area contributed by atoms with Crippen molar-refractivity contribution >= 4 is 16.6 Å². The summed E-state index contributed by atoms with van der Waals surface area (Å²) in [5.41, 5.74) is 5.12. The van der Waals surface area contributed by atoms with Crippen molar-refractivity contribution in [2.24, 2.45) is 12.5 Å². The fraction of sp³-hybridized carbons (Fsp3) is 0.289. The van der Waals surface area contributed by atoms with Gasteiger partial charge in [0.2, 0.25) is 6.33 Å². The molecule has 1 aliphatic carbocycles. The zero-order valence-electron chi connectivity index (χ0n) is 26.2. The van der Waals surface area contributed by atoms with Gasteiger partial charge in [-0.1, -0.05) is 37.7 Å². The molecule has 1 saturated carbocycles. The molecule has 228 valence electrons. The molecular weight excluding hydrogens is 723 g/mol. The van der Waals surface area contributed by atoms with Gasteiger partial charge in [-0.3, -0.25) is 4.79 Å². The van der Waals surface area contributed by atoms with E-state index in [0.717, 1.165) is 16.9 Å². The molecule has 1 fully saturated rings. The van der Waals surface area contributed by atoms with Gasteiger partial charge in [-0.05, 0) is 79.0 Å². The molecule has 1 aliphatic rings. The number of aliphatic hydroxyl groups excluding tert-OH is 1. The van der Waals surface area contributed by atoms with E-state index in [-0.39, 0.29) is 31.6 Å². The summed E-state index contributed by atoms with van der Waals surface area (Å²) in [5.74, 6) is 0.648. The first-order valence-electron chi connectivity index (χ1n) is 14.8. The number of nitrogens with zero attached hydrogens (tertiary/aromatic N) is 3. The maximum absolute atomic E-state index is 10.0. The van der Waals surface area contributed by atoms with Crippen molar-refractivity contribution in [2.45, 2.75) is 59.3 Å². The number of hydrogen-bond donors (Lipinski definition) is 1. The van der Waals surface area contributed by atoms with Gasteiger partial charge in [0.15, 0.2) is 5.78 Å². The van der Waals surface area contributed by atoms with Crippen molar-refractivity contribution < 1.29 is 34.6 Å².